The predicted molar refractivity (Wildman–Crippen MR) is 105 cm³/mol. The summed E-state index contributed by atoms with van der Waals surface area (Å²) in [6, 6.07) is 17.8. The van der Waals surface area contributed by atoms with Gasteiger partial charge < -0.3 is 5.11 Å². The Morgan fingerprint density at radius 2 is 1.96 bits per heavy atom. The second-order valence-electron chi connectivity index (χ2n) is 7.88. The standard InChI is InChI=1S/C23H29NO2/c1-18-16-24(17-22(26)12-11-19-7-4-3-5-8-19)14-13-23(18,2)20-9-6-10-21(25)15-20/h3-10,15,18,25H,11-14,16-17H2,1-2H3. The van der Waals surface area contributed by atoms with Crippen LogP contribution in [0.3, 0.4) is 0 Å². The highest BCUT2D eigenvalue weighted by Crippen LogP contribution is 2.40. The molecule has 0 aliphatic carbocycles. The van der Waals surface area contributed by atoms with E-state index in [4.69, 9.17) is 0 Å². The first kappa shape index (κ1) is 18.7. The minimum Gasteiger partial charge on any atom is -0.508 e. The summed E-state index contributed by atoms with van der Waals surface area (Å²) in [6.07, 6.45) is 2.44. The van der Waals surface area contributed by atoms with Crippen molar-refractivity contribution in [1.29, 1.82) is 0 Å². The van der Waals surface area contributed by atoms with Crippen LogP contribution in [0.15, 0.2) is 54.6 Å². The van der Waals surface area contributed by atoms with Gasteiger partial charge in [0.2, 0.25) is 0 Å². The Labute approximate surface area is 156 Å². The van der Waals surface area contributed by atoms with Crippen LogP contribution < -0.4 is 0 Å². The number of piperidine rings is 1. The number of Topliss-reactive ketones (excluding diaryl/α,β-unsaturated/α-hetero) is 1. The largest absolute Gasteiger partial charge is 0.508 e. The summed E-state index contributed by atoms with van der Waals surface area (Å²) in [5, 5.41) is 9.81. The van der Waals surface area contributed by atoms with E-state index in [1.54, 1.807) is 6.07 Å². The van der Waals surface area contributed by atoms with E-state index < -0.39 is 0 Å². The zero-order valence-corrected chi connectivity index (χ0v) is 15.8. The van der Waals surface area contributed by atoms with Crippen LogP contribution in [0.5, 0.6) is 5.75 Å². The Morgan fingerprint density at radius 3 is 2.65 bits per heavy atom. The van der Waals surface area contributed by atoms with Gasteiger partial charge in [0.1, 0.15) is 11.5 Å². The number of phenols is 1. The van der Waals surface area contributed by atoms with Crippen LogP contribution in [0.4, 0.5) is 0 Å². The maximum Gasteiger partial charge on any atom is 0.147 e. The summed E-state index contributed by atoms with van der Waals surface area (Å²) < 4.78 is 0. The Bertz CT molecular complexity index is 743. The van der Waals surface area contributed by atoms with Crippen molar-refractivity contribution in [2.24, 2.45) is 5.92 Å². The number of hydrogen-bond donors (Lipinski definition) is 1. The number of nitrogens with zero attached hydrogens (tertiary/aromatic N) is 1. The third kappa shape index (κ3) is 4.34. The molecule has 3 rings (SSSR count). The quantitative estimate of drug-likeness (QED) is 0.848. The van der Waals surface area contributed by atoms with Gasteiger partial charge in [-0.3, -0.25) is 9.69 Å². The third-order valence-corrected chi connectivity index (χ3v) is 6.01. The van der Waals surface area contributed by atoms with Crippen molar-refractivity contribution in [3.8, 4) is 5.75 Å². The molecule has 26 heavy (non-hydrogen) atoms. The van der Waals surface area contributed by atoms with Crippen molar-refractivity contribution in [3.63, 3.8) is 0 Å². The van der Waals surface area contributed by atoms with Crippen molar-refractivity contribution in [2.45, 2.75) is 38.5 Å². The van der Waals surface area contributed by atoms with Crippen molar-refractivity contribution in [2.75, 3.05) is 19.6 Å². The summed E-state index contributed by atoms with van der Waals surface area (Å²) in [5.41, 5.74) is 2.46. The summed E-state index contributed by atoms with van der Waals surface area (Å²) >= 11 is 0. The van der Waals surface area contributed by atoms with Crippen LogP contribution in [-0.4, -0.2) is 35.4 Å². The van der Waals surface area contributed by atoms with Crippen molar-refractivity contribution in [3.05, 3.63) is 65.7 Å². The summed E-state index contributed by atoms with van der Waals surface area (Å²) in [6.45, 7) is 6.93. The number of rotatable bonds is 6. The molecule has 138 valence electrons. The molecule has 1 N–H and O–H groups in total. The summed E-state index contributed by atoms with van der Waals surface area (Å²) in [5.74, 6) is 1.08. The Hall–Kier alpha value is -2.13. The number of likely N-dealkylation sites (tertiary alicyclic amines) is 1. The lowest BCUT2D eigenvalue weighted by Crippen LogP contribution is -2.48. The highest BCUT2D eigenvalue weighted by atomic mass is 16.3. The van der Waals surface area contributed by atoms with E-state index >= 15 is 0 Å². The van der Waals surface area contributed by atoms with E-state index in [9.17, 15) is 9.90 Å². The molecule has 2 aromatic rings. The van der Waals surface area contributed by atoms with E-state index in [2.05, 4.69) is 36.9 Å². The minimum absolute atomic E-state index is 0.0440. The van der Waals surface area contributed by atoms with E-state index in [1.165, 1.54) is 11.1 Å². The first-order chi connectivity index (χ1) is 12.5. The average Bonchev–Trinajstić information content (AvgIpc) is 2.64. The molecule has 2 unspecified atom stereocenters. The number of aryl methyl sites for hydroxylation is 1. The zero-order valence-electron chi connectivity index (χ0n) is 15.8. The lowest BCUT2D eigenvalue weighted by Gasteiger charge is -2.45. The van der Waals surface area contributed by atoms with Gasteiger partial charge in [-0.1, -0.05) is 56.3 Å². The second kappa shape index (κ2) is 8.05. The first-order valence-corrected chi connectivity index (χ1v) is 9.55. The maximum absolute atomic E-state index is 12.4. The average molecular weight is 351 g/mol. The SMILES string of the molecule is CC1CN(CC(=O)CCc2ccccc2)CCC1(C)c1cccc(O)c1. The molecule has 3 nitrogen and oxygen atoms in total. The Kier molecular flexibility index (Phi) is 5.77. The van der Waals surface area contributed by atoms with Gasteiger partial charge in [0.05, 0.1) is 6.54 Å². The molecule has 3 heteroatoms. The van der Waals surface area contributed by atoms with Gasteiger partial charge in [-0.25, -0.2) is 0 Å². The number of carbonyl (C=O) groups excluding carboxylic acids is 1. The molecule has 1 aliphatic heterocycles. The normalized spacial score (nSPS) is 23.7. The predicted octanol–water partition coefficient (Wildman–Crippen LogP) is 4.19. The molecule has 2 atom stereocenters. The number of hydrogen-bond acceptors (Lipinski definition) is 3. The molecule has 0 spiro atoms. The van der Waals surface area contributed by atoms with Crippen molar-refractivity contribution < 1.29 is 9.90 Å². The van der Waals surface area contributed by atoms with Gasteiger partial charge in [-0.2, -0.15) is 0 Å². The minimum atomic E-state index is 0.0440. The van der Waals surface area contributed by atoms with Gasteiger partial charge in [0, 0.05) is 13.0 Å². The van der Waals surface area contributed by atoms with Gasteiger partial charge in [0.25, 0.3) is 0 Å². The van der Waals surface area contributed by atoms with Gasteiger partial charge >= 0.3 is 0 Å². The highest BCUT2D eigenvalue weighted by molar-refractivity contribution is 5.80. The lowest BCUT2D eigenvalue weighted by atomic mass is 9.68. The second-order valence-corrected chi connectivity index (χ2v) is 7.88. The maximum atomic E-state index is 12.4. The fourth-order valence-electron chi connectivity index (χ4n) is 4.01. The number of benzene rings is 2. The number of aromatic hydroxyl groups is 1. The van der Waals surface area contributed by atoms with Crippen LogP contribution in [0.25, 0.3) is 0 Å². The van der Waals surface area contributed by atoms with E-state index in [-0.39, 0.29) is 5.41 Å². The van der Waals surface area contributed by atoms with Gasteiger partial charge in [-0.05, 0) is 54.0 Å². The van der Waals surface area contributed by atoms with E-state index in [0.717, 1.165) is 25.9 Å². The van der Waals surface area contributed by atoms with Crippen LogP contribution in [0.2, 0.25) is 0 Å². The number of phenolic OH excluding ortho intramolecular Hbond substituents is 1. The molecule has 1 saturated heterocycles. The highest BCUT2D eigenvalue weighted by Gasteiger charge is 2.38. The number of carbonyl (C=O) groups is 1. The molecule has 1 heterocycles. The summed E-state index contributed by atoms with van der Waals surface area (Å²) in [4.78, 5) is 14.7. The van der Waals surface area contributed by atoms with Crippen LogP contribution in [-0.2, 0) is 16.6 Å². The molecular formula is C23H29NO2. The fourth-order valence-corrected chi connectivity index (χ4v) is 4.01. The van der Waals surface area contributed by atoms with Crippen LogP contribution in [0.1, 0.15) is 37.8 Å². The van der Waals surface area contributed by atoms with Crippen molar-refractivity contribution >= 4 is 5.78 Å². The molecule has 2 aromatic carbocycles. The van der Waals surface area contributed by atoms with Crippen molar-refractivity contribution in [1.82, 2.24) is 4.90 Å². The smallest absolute Gasteiger partial charge is 0.147 e. The summed E-state index contributed by atoms with van der Waals surface area (Å²) in [7, 11) is 0. The Balaban J connectivity index is 1.54. The molecule has 1 fully saturated rings. The molecule has 0 bridgehead atoms. The Morgan fingerprint density at radius 1 is 1.19 bits per heavy atom. The molecule has 1 aliphatic rings. The molecule has 0 radical (unpaired) electrons. The molecule has 0 aromatic heterocycles. The van der Waals surface area contributed by atoms with E-state index in [1.807, 2.05) is 30.3 Å². The monoisotopic (exact) mass is 351 g/mol. The lowest BCUT2D eigenvalue weighted by molar-refractivity contribution is -0.120. The van der Waals surface area contributed by atoms with E-state index in [0.29, 0.717) is 30.4 Å². The van der Waals surface area contributed by atoms with Crippen LogP contribution >= 0.6 is 0 Å². The molecule has 0 amide bonds. The molecular weight excluding hydrogens is 322 g/mol. The zero-order chi connectivity index (χ0) is 18.6. The molecule has 0 saturated carbocycles. The number of ketones is 1. The first-order valence-electron chi connectivity index (χ1n) is 9.55. The topological polar surface area (TPSA) is 40.5 Å². The van der Waals surface area contributed by atoms with Gasteiger partial charge in [0.15, 0.2) is 0 Å². The third-order valence-electron chi connectivity index (χ3n) is 6.01. The van der Waals surface area contributed by atoms with Crippen LogP contribution in [0, 0.1) is 5.92 Å². The fraction of sp³-hybridized carbons (Fsp3) is 0.435. The van der Waals surface area contributed by atoms with Gasteiger partial charge in [-0.15, -0.1) is 0 Å².